The first kappa shape index (κ1) is 12.9. The molecule has 0 unspecified atom stereocenters. The van der Waals surface area contributed by atoms with E-state index in [0.29, 0.717) is 6.61 Å². The molecule has 0 radical (unpaired) electrons. The second kappa shape index (κ2) is 5.89. The zero-order valence-corrected chi connectivity index (χ0v) is 13.3. The fourth-order valence-corrected chi connectivity index (χ4v) is 2.26. The summed E-state index contributed by atoms with van der Waals surface area (Å²) in [5.74, 6) is 0.837. The minimum atomic E-state index is 0.617. The largest absolute Gasteiger partial charge is 0.492 e. The summed E-state index contributed by atoms with van der Waals surface area (Å²) in [5, 5.41) is 0. The van der Waals surface area contributed by atoms with Crippen molar-refractivity contribution in [2.75, 3.05) is 12.3 Å². The molecule has 0 saturated carbocycles. The summed E-state index contributed by atoms with van der Waals surface area (Å²) >= 11 is 4.50. The van der Waals surface area contributed by atoms with E-state index >= 15 is 0 Å². The highest BCUT2D eigenvalue weighted by Gasteiger charge is 2.04. The Bertz CT molecular complexity index is 496. The fraction of sp³-hybridized carbons (Fsp3) is 0.182. The van der Waals surface area contributed by atoms with Crippen molar-refractivity contribution < 1.29 is 4.74 Å². The van der Waals surface area contributed by atoms with E-state index in [2.05, 4.69) is 54.7 Å². The second-order valence-corrected chi connectivity index (χ2v) is 5.48. The topological polar surface area (TPSA) is 53.1 Å². The molecule has 0 bridgehead atoms. The number of ether oxygens (including phenoxy) is 1. The number of nitrogens with zero attached hydrogens (tertiary/aromatic N) is 2. The summed E-state index contributed by atoms with van der Waals surface area (Å²) in [5.41, 5.74) is 6.35. The SMILES string of the molecule is Nc1ccc(OCCn2cnc(I)c2I)cc1. The predicted octanol–water partition coefficient (Wildman–Crippen LogP) is 2.75. The van der Waals surface area contributed by atoms with Crippen molar-refractivity contribution in [2.45, 2.75) is 6.54 Å². The van der Waals surface area contributed by atoms with Gasteiger partial charge in [-0.3, -0.25) is 0 Å². The van der Waals surface area contributed by atoms with Crippen molar-refractivity contribution in [3.8, 4) is 5.75 Å². The molecule has 2 rings (SSSR count). The highest BCUT2D eigenvalue weighted by atomic mass is 127. The lowest BCUT2D eigenvalue weighted by Crippen LogP contribution is -2.08. The molecule has 0 aliphatic heterocycles. The van der Waals surface area contributed by atoms with Gasteiger partial charge >= 0.3 is 0 Å². The molecule has 0 amide bonds. The van der Waals surface area contributed by atoms with E-state index in [-0.39, 0.29) is 0 Å². The molecule has 6 heteroatoms. The normalized spacial score (nSPS) is 10.5. The van der Waals surface area contributed by atoms with E-state index in [1.54, 1.807) is 0 Å². The summed E-state index contributed by atoms with van der Waals surface area (Å²) in [4.78, 5) is 4.22. The summed E-state index contributed by atoms with van der Waals surface area (Å²) in [6.07, 6.45) is 1.83. The number of hydrogen-bond donors (Lipinski definition) is 1. The Kier molecular flexibility index (Phi) is 4.48. The molecule has 0 fully saturated rings. The Morgan fingerprint density at radius 2 is 1.94 bits per heavy atom. The standard InChI is InChI=1S/C11H11I2N3O/c12-10-11(13)16(7-15-10)5-6-17-9-3-1-8(14)2-4-9/h1-4,7H,5-6,14H2. The Labute approximate surface area is 127 Å². The molecule has 4 nitrogen and oxygen atoms in total. The van der Waals surface area contributed by atoms with Gasteiger partial charge in [0, 0.05) is 5.69 Å². The molecule has 0 atom stereocenters. The smallest absolute Gasteiger partial charge is 0.132 e. The van der Waals surface area contributed by atoms with Gasteiger partial charge in [0.15, 0.2) is 0 Å². The van der Waals surface area contributed by atoms with Gasteiger partial charge in [0.05, 0.1) is 12.9 Å². The van der Waals surface area contributed by atoms with Crippen molar-refractivity contribution in [1.29, 1.82) is 0 Å². The van der Waals surface area contributed by atoms with Gasteiger partial charge in [0.2, 0.25) is 0 Å². The first-order valence-corrected chi connectivity index (χ1v) is 7.17. The average molecular weight is 455 g/mol. The van der Waals surface area contributed by atoms with Crippen LogP contribution in [0.5, 0.6) is 5.75 Å². The number of imidazole rings is 1. The van der Waals surface area contributed by atoms with Gasteiger partial charge in [-0.2, -0.15) is 0 Å². The number of nitrogens with two attached hydrogens (primary N) is 1. The van der Waals surface area contributed by atoms with E-state index in [1.165, 1.54) is 0 Å². The average Bonchev–Trinajstić information content (AvgIpc) is 2.64. The van der Waals surface area contributed by atoms with Crippen molar-refractivity contribution >= 4 is 50.9 Å². The fourth-order valence-electron chi connectivity index (χ4n) is 1.32. The lowest BCUT2D eigenvalue weighted by Gasteiger charge is -2.07. The summed E-state index contributed by atoms with van der Waals surface area (Å²) in [6, 6.07) is 7.41. The predicted molar refractivity (Wildman–Crippen MR) is 84.0 cm³/mol. The highest BCUT2D eigenvalue weighted by Crippen LogP contribution is 2.15. The molecule has 2 aromatic rings. The first-order valence-electron chi connectivity index (χ1n) is 5.01. The minimum absolute atomic E-state index is 0.617. The van der Waals surface area contributed by atoms with Crippen LogP contribution < -0.4 is 10.5 Å². The molecular formula is C11H11I2N3O. The van der Waals surface area contributed by atoms with Crippen LogP contribution in [0.4, 0.5) is 5.69 Å². The van der Waals surface area contributed by atoms with E-state index in [4.69, 9.17) is 10.5 Å². The van der Waals surface area contributed by atoms with E-state index in [0.717, 1.165) is 25.4 Å². The van der Waals surface area contributed by atoms with Crippen molar-refractivity contribution in [3.05, 3.63) is 38.0 Å². The molecule has 0 spiro atoms. The third-order valence-electron chi connectivity index (χ3n) is 2.21. The van der Waals surface area contributed by atoms with Crippen LogP contribution in [0.1, 0.15) is 0 Å². The van der Waals surface area contributed by atoms with E-state index in [1.807, 2.05) is 30.6 Å². The van der Waals surface area contributed by atoms with Gasteiger partial charge in [-0.15, -0.1) is 0 Å². The number of benzene rings is 1. The zero-order valence-electron chi connectivity index (χ0n) is 8.94. The number of rotatable bonds is 4. The molecule has 1 aromatic carbocycles. The molecule has 17 heavy (non-hydrogen) atoms. The van der Waals surface area contributed by atoms with Crippen LogP contribution in [-0.4, -0.2) is 16.2 Å². The number of aromatic nitrogens is 2. The van der Waals surface area contributed by atoms with Gasteiger partial charge in [-0.1, -0.05) is 0 Å². The molecule has 0 saturated heterocycles. The van der Waals surface area contributed by atoms with Crippen molar-refractivity contribution in [1.82, 2.24) is 9.55 Å². The Morgan fingerprint density at radius 1 is 1.24 bits per heavy atom. The molecule has 1 heterocycles. The summed E-state index contributed by atoms with van der Waals surface area (Å²) in [6.45, 7) is 1.41. The number of hydrogen-bond acceptors (Lipinski definition) is 3. The molecule has 0 aliphatic carbocycles. The number of nitrogen functional groups attached to an aromatic ring is 1. The maximum Gasteiger partial charge on any atom is 0.132 e. The minimum Gasteiger partial charge on any atom is -0.492 e. The summed E-state index contributed by atoms with van der Waals surface area (Å²) in [7, 11) is 0. The number of anilines is 1. The van der Waals surface area contributed by atoms with Gasteiger partial charge in [-0.05, 0) is 69.4 Å². The molecule has 2 N–H and O–H groups in total. The van der Waals surface area contributed by atoms with E-state index < -0.39 is 0 Å². The Morgan fingerprint density at radius 3 is 2.53 bits per heavy atom. The lowest BCUT2D eigenvalue weighted by atomic mass is 10.3. The van der Waals surface area contributed by atoms with Crippen LogP contribution in [0, 0.1) is 7.40 Å². The van der Waals surface area contributed by atoms with Gasteiger partial charge in [0.25, 0.3) is 0 Å². The van der Waals surface area contributed by atoms with Gasteiger partial charge in [-0.25, -0.2) is 4.98 Å². The van der Waals surface area contributed by atoms with Crippen LogP contribution in [0.15, 0.2) is 30.6 Å². The third-order valence-corrected chi connectivity index (χ3v) is 5.17. The summed E-state index contributed by atoms with van der Waals surface area (Å²) < 4.78 is 9.85. The maximum absolute atomic E-state index is 5.62. The van der Waals surface area contributed by atoms with Crippen LogP contribution in [-0.2, 0) is 6.54 Å². The molecule has 0 aliphatic rings. The molecule has 90 valence electrons. The Balaban J connectivity index is 1.87. The van der Waals surface area contributed by atoms with Crippen LogP contribution >= 0.6 is 45.2 Å². The van der Waals surface area contributed by atoms with Crippen LogP contribution in [0.3, 0.4) is 0 Å². The molecule has 1 aromatic heterocycles. The Hall–Kier alpha value is -0.510. The highest BCUT2D eigenvalue weighted by molar-refractivity contribution is 14.1. The number of halogens is 2. The third kappa shape index (κ3) is 3.47. The lowest BCUT2D eigenvalue weighted by molar-refractivity contribution is 0.297. The monoisotopic (exact) mass is 455 g/mol. The van der Waals surface area contributed by atoms with Crippen LogP contribution in [0.2, 0.25) is 0 Å². The van der Waals surface area contributed by atoms with Gasteiger partial charge < -0.3 is 15.0 Å². The van der Waals surface area contributed by atoms with Crippen molar-refractivity contribution in [2.24, 2.45) is 0 Å². The quantitative estimate of drug-likeness (QED) is 0.571. The van der Waals surface area contributed by atoms with Crippen LogP contribution in [0.25, 0.3) is 0 Å². The van der Waals surface area contributed by atoms with E-state index in [9.17, 15) is 0 Å². The van der Waals surface area contributed by atoms with Gasteiger partial charge in [0.1, 0.15) is 19.8 Å². The second-order valence-electron chi connectivity index (χ2n) is 3.44. The molecular weight excluding hydrogens is 444 g/mol. The first-order chi connectivity index (χ1) is 8.16. The van der Waals surface area contributed by atoms with Crippen molar-refractivity contribution in [3.63, 3.8) is 0 Å². The zero-order chi connectivity index (χ0) is 12.3. The maximum atomic E-state index is 5.62.